The number of aromatic nitrogens is 1. The molecule has 1 aromatic heterocycles. The van der Waals surface area contributed by atoms with Crippen LogP contribution in [0.3, 0.4) is 0 Å². The quantitative estimate of drug-likeness (QED) is 0.174. The second-order valence-corrected chi connectivity index (χ2v) is 10.4. The van der Waals surface area contributed by atoms with Gasteiger partial charge in [0.05, 0.1) is 18.8 Å². The molecule has 1 saturated heterocycles. The summed E-state index contributed by atoms with van der Waals surface area (Å²) in [7, 11) is 0. The van der Waals surface area contributed by atoms with Crippen molar-refractivity contribution in [3.8, 4) is 0 Å². The van der Waals surface area contributed by atoms with Crippen molar-refractivity contribution in [3.63, 3.8) is 0 Å². The molecule has 0 unspecified atom stereocenters. The van der Waals surface area contributed by atoms with Crippen LogP contribution in [0.1, 0.15) is 51.4 Å². The van der Waals surface area contributed by atoms with Crippen LogP contribution < -0.4 is 10.0 Å². The largest absolute Gasteiger partial charge is 0.618 e. The lowest BCUT2D eigenvalue weighted by Crippen LogP contribution is -2.32. The molecule has 0 radical (unpaired) electrons. The maximum Gasteiger partial charge on any atom is 0.251 e. The highest BCUT2D eigenvalue weighted by Crippen LogP contribution is 2.39. The van der Waals surface area contributed by atoms with Gasteiger partial charge in [-0.05, 0) is 34.9 Å². The molecule has 3 atom stereocenters. The molecule has 0 saturated carbocycles. The summed E-state index contributed by atoms with van der Waals surface area (Å²) in [6.07, 6.45) is 1.18. The van der Waals surface area contributed by atoms with Crippen LogP contribution in [0.2, 0.25) is 0 Å². The SMILES string of the molecule is O=C(NCc1ccc([C@@H]2O[C@H](CSc3cccc[n+]3[O-])C[C@H](c3ccc(CO)cc3)O2)cc1)c1ccccc1. The van der Waals surface area contributed by atoms with Crippen molar-refractivity contribution < 1.29 is 24.1 Å². The molecular weight excluding hydrogens is 512 g/mol. The van der Waals surface area contributed by atoms with E-state index in [9.17, 15) is 15.1 Å². The number of pyridine rings is 1. The first-order valence-electron chi connectivity index (χ1n) is 12.8. The third kappa shape index (κ3) is 7.04. The van der Waals surface area contributed by atoms with E-state index in [0.717, 1.165) is 27.0 Å². The molecular formula is C31H30N2O5S. The van der Waals surface area contributed by atoms with Crippen molar-refractivity contribution in [2.75, 3.05) is 5.75 Å². The molecule has 1 amide bonds. The van der Waals surface area contributed by atoms with Gasteiger partial charge in [0.15, 0.2) is 12.5 Å². The van der Waals surface area contributed by atoms with Gasteiger partial charge in [0.2, 0.25) is 0 Å². The molecule has 2 heterocycles. The Kier molecular flexibility index (Phi) is 8.90. The summed E-state index contributed by atoms with van der Waals surface area (Å²) in [5.41, 5.74) is 4.31. The number of thioether (sulfide) groups is 1. The zero-order valence-electron chi connectivity index (χ0n) is 21.3. The number of aliphatic hydroxyl groups is 1. The van der Waals surface area contributed by atoms with Crippen LogP contribution in [0.15, 0.2) is 108 Å². The third-order valence-electron chi connectivity index (χ3n) is 6.56. The van der Waals surface area contributed by atoms with E-state index in [1.54, 1.807) is 24.3 Å². The van der Waals surface area contributed by atoms with Crippen molar-refractivity contribution in [2.45, 2.75) is 43.1 Å². The summed E-state index contributed by atoms with van der Waals surface area (Å²) in [5, 5.41) is 25.1. The number of aliphatic hydroxyl groups excluding tert-OH is 1. The molecule has 7 nitrogen and oxygen atoms in total. The predicted octanol–water partition coefficient (Wildman–Crippen LogP) is 5.08. The van der Waals surface area contributed by atoms with Crippen molar-refractivity contribution >= 4 is 17.7 Å². The number of rotatable bonds is 9. The number of carbonyl (C=O) groups is 1. The van der Waals surface area contributed by atoms with E-state index in [1.165, 1.54) is 18.0 Å². The van der Waals surface area contributed by atoms with E-state index in [0.29, 0.717) is 29.3 Å². The molecule has 2 N–H and O–H groups in total. The molecule has 5 rings (SSSR count). The summed E-state index contributed by atoms with van der Waals surface area (Å²) >= 11 is 1.46. The predicted molar refractivity (Wildman–Crippen MR) is 149 cm³/mol. The number of nitrogens with one attached hydrogen (secondary N) is 1. The molecule has 39 heavy (non-hydrogen) atoms. The Labute approximate surface area is 232 Å². The zero-order chi connectivity index (χ0) is 27.0. The fourth-order valence-corrected chi connectivity index (χ4v) is 5.33. The molecule has 4 aromatic rings. The smallest absolute Gasteiger partial charge is 0.251 e. The number of nitrogens with zero attached hydrogens (tertiary/aromatic N) is 1. The first-order valence-corrected chi connectivity index (χ1v) is 13.8. The molecule has 1 aliphatic rings. The summed E-state index contributed by atoms with van der Waals surface area (Å²) in [5.74, 6) is 0.479. The second kappa shape index (κ2) is 12.9. The van der Waals surface area contributed by atoms with Gasteiger partial charge in [-0.3, -0.25) is 4.79 Å². The maximum absolute atomic E-state index is 12.4. The molecule has 200 valence electrons. The van der Waals surface area contributed by atoms with Gasteiger partial charge >= 0.3 is 0 Å². The molecule has 3 aromatic carbocycles. The molecule has 8 heteroatoms. The number of hydrogen-bond acceptors (Lipinski definition) is 6. The first-order chi connectivity index (χ1) is 19.1. The fourth-order valence-electron chi connectivity index (χ4n) is 4.39. The van der Waals surface area contributed by atoms with Crippen LogP contribution in [0.4, 0.5) is 0 Å². The van der Waals surface area contributed by atoms with Gasteiger partial charge in [-0.25, -0.2) is 0 Å². The van der Waals surface area contributed by atoms with Gasteiger partial charge in [0, 0.05) is 42.0 Å². The highest BCUT2D eigenvalue weighted by molar-refractivity contribution is 7.99. The first kappa shape index (κ1) is 26.9. The van der Waals surface area contributed by atoms with Gasteiger partial charge < -0.3 is 25.1 Å². The number of amides is 1. The summed E-state index contributed by atoms with van der Waals surface area (Å²) in [6, 6.07) is 30.1. The van der Waals surface area contributed by atoms with Crippen LogP contribution in [0.25, 0.3) is 0 Å². The lowest BCUT2D eigenvalue weighted by molar-refractivity contribution is -0.645. The normalized spacial score (nSPS) is 18.9. The van der Waals surface area contributed by atoms with Gasteiger partial charge in [-0.15, -0.1) is 0 Å². The van der Waals surface area contributed by atoms with Crippen molar-refractivity contribution in [1.82, 2.24) is 5.32 Å². The Balaban J connectivity index is 1.28. The third-order valence-corrected chi connectivity index (χ3v) is 7.71. The monoisotopic (exact) mass is 542 g/mol. The van der Waals surface area contributed by atoms with E-state index in [2.05, 4.69) is 5.32 Å². The lowest BCUT2D eigenvalue weighted by Gasteiger charge is -2.36. The number of ether oxygens (including phenoxy) is 2. The average molecular weight is 543 g/mol. The van der Waals surface area contributed by atoms with Crippen LogP contribution in [-0.4, -0.2) is 22.9 Å². The van der Waals surface area contributed by atoms with Crippen molar-refractivity contribution in [3.05, 3.63) is 136 Å². The zero-order valence-corrected chi connectivity index (χ0v) is 22.1. The number of hydrogen-bond donors (Lipinski definition) is 2. The van der Waals surface area contributed by atoms with E-state index >= 15 is 0 Å². The summed E-state index contributed by atoms with van der Waals surface area (Å²) in [4.78, 5) is 12.4. The van der Waals surface area contributed by atoms with Crippen LogP contribution in [0, 0.1) is 5.21 Å². The summed E-state index contributed by atoms with van der Waals surface area (Å²) in [6.45, 7) is 0.396. The molecule has 1 fully saturated rings. The minimum atomic E-state index is -0.588. The minimum Gasteiger partial charge on any atom is -0.618 e. The molecule has 1 aliphatic heterocycles. The van der Waals surface area contributed by atoms with Crippen LogP contribution in [0.5, 0.6) is 0 Å². The molecule has 0 bridgehead atoms. The Morgan fingerprint density at radius 1 is 0.897 bits per heavy atom. The maximum atomic E-state index is 12.4. The number of benzene rings is 3. The van der Waals surface area contributed by atoms with Crippen LogP contribution in [-0.2, 0) is 22.6 Å². The van der Waals surface area contributed by atoms with E-state index < -0.39 is 6.29 Å². The van der Waals surface area contributed by atoms with Crippen LogP contribution >= 0.6 is 11.8 Å². The average Bonchev–Trinajstić information content (AvgIpc) is 3.00. The second-order valence-electron chi connectivity index (χ2n) is 9.32. The highest BCUT2D eigenvalue weighted by Gasteiger charge is 2.32. The van der Waals surface area contributed by atoms with Crippen molar-refractivity contribution in [1.29, 1.82) is 0 Å². The van der Waals surface area contributed by atoms with Gasteiger partial charge in [0.25, 0.3) is 10.9 Å². The van der Waals surface area contributed by atoms with Gasteiger partial charge in [-0.2, -0.15) is 4.73 Å². The summed E-state index contributed by atoms with van der Waals surface area (Å²) < 4.78 is 13.6. The molecule has 0 spiro atoms. The minimum absolute atomic E-state index is 0.0127. The van der Waals surface area contributed by atoms with E-state index in [1.807, 2.05) is 72.8 Å². The number of carbonyl (C=O) groups excluding carboxylic acids is 1. The Morgan fingerprint density at radius 2 is 1.59 bits per heavy atom. The molecule has 0 aliphatic carbocycles. The van der Waals surface area contributed by atoms with E-state index in [4.69, 9.17) is 9.47 Å². The standard InChI is InChI=1S/C31H30N2O5S/c34-20-23-11-13-24(14-12-23)28-18-27(21-39-29-8-4-5-17-33(29)36)37-31(38-28)26-15-9-22(10-16-26)19-32-30(35)25-6-2-1-3-7-25/h1-17,27-28,31,34H,18-21H2,(H,32,35)/t27-,28+,31+/m0/s1. The van der Waals surface area contributed by atoms with Gasteiger partial charge in [-0.1, -0.05) is 78.5 Å². The van der Waals surface area contributed by atoms with Gasteiger partial charge in [0.1, 0.15) is 0 Å². The highest BCUT2D eigenvalue weighted by atomic mass is 32.2. The van der Waals surface area contributed by atoms with E-state index in [-0.39, 0.29) is 24.7 Å². The fraction of sp³-hybridized carbons (Fsp3) is 0.226. The Hall–Kier alpha value is -3.69. The Bertz CT molecular complexity index is 1370. The lowest BCUT2D eigenvalue weighted by atomic mass is 10.0. The topological polar surface area (TPSA) is 94.7 Å². The Morgan fingerprint density at radius 3 is 2.31 bits per heavy atom. The van der Waals surface area contributed by atoms with Crippen molar-refractivity contribution in [2.24, 2.45) is 0 Å².